The molecule has 4 rings (SSSR count). The van der Waals surface area contributed by atoms with Crippen molar-refractivity contribution in [3.8, 4) is 22.6 Å². The molecule has 2 aromatic carbocycles. The van der Waals surface area contributed by atoms with Crippen molar-refractivity contribution < 1.29 is 60.4 Å². The maximum Gasteiger partial charge on any atom is 0.490 e. The second-order valence-electron chi connectivity index (χ2n) is 9.77. The molecule has 1 amide bonds. The average molecular weight is 649 g/mol. The van der Waals surface area contributed by atoms with E-state index >= 15 is 0 Å². The van der Waals surface area contributed by atoms with Crippen molar-refractivity contribution in [1.29, 1.82) is 0 Å². The summed E-state index contributed by atoms with van der Waals surface area (Å²) in [4.78, 5) is 32.9. The van der Waals surface area contributed by atoms with Gasteiger partial charge in [0.1, 0.15) is 24.7 Å². The first-order valence-electron chi connectivity index (χ1n) is 12.9. The van der Waals surface area contributed by atoms with Gasteiger partial charge in [-0.25, -0.2) is 9.59 Å². The predicted octanol–water partition coefficient (Wildman–Crippen LogP) is 4.78. The Bertz CT molecular complexity index is 1420. The lowest BCUT2D eigenvalue weighted by Crippen LogP contribution is -2.32. The topological polar surface area (TPSA) is 154 Å². The van der Waals surface area contributed by atoms with Crippen LogP contribution in [0.2, 0.25) is 0 Å². The van der Waals surface area contributed by atoms with Crippen LogP contribution in [0.15, 0.2) is 48.8 Å². The summed E-state index contributed by atoms with van der Waals surface area (Å²) >= 11 is 0. The monoisotopic (exact) mass is 648 g/mol. The van der Waals surface area contributed by atoms with Gasteiger partial charge in [-0.2, -0.15) is 31.4 Å². The summed E-state index contributed by atoms with van der Waals surface area (Å²) in [5.41, 5.74) is 4.82. The highest BCUT2D eigenvalue weighted by Gasteiger charge is 2.39. The summed E-state index contributed by atoms with van der Waals surface area (Å²) < 4.78 is 75.3. The number of carbonyl (C=O) groups is 3. The molecular weight excluding hydrogens is 618 g/mol. The molecule has 0 radical (unpaired) electrons. The zero-order valence-electron chi connectivity index (χ0n) is 24.1. The number of aromatic amines is 1. The van der Waals surface area contributed by atoms with Gasteiger partial charge in [-0.3, -0.25) is 9.89 Å². The fraction of sp³-hybridized carbons (Fsp3) is 0.357. The smallest absolute Gasteiger partial charge is 0.490 e. The van der Waals surface area contributed by atoms with Gasteiger partial charge >= 0.3 is 24.3 Å². The van der Waals surface area contributed by atoms with Crippen molar-refractivity contribution in [2.45, 2.75) is 25.7 Å². The van der Waals surface area contributed by atoms with Crippen LogP contribution in [0.25, 0.3) is 11.1 Å². The number of nitrogens with zero attached hydrogens (tertiary/aromatic N) is 2. The Balaban J connectivity index is 0.000000421. The first kappa shape index (κ1) is 36.4. The van der Waals surface area contributed by atoms with Crippen LogP contribution in [0.3, 0.4) is 0 Å². The molecule has 2 heterocycles. The zero-order valence-corrected chi connectivity index (χ0v) is 24.1. The number of anilines is 1. The largest absolute Gasteiger partial charge is 0.492 e. The molecule has 17 heteroatoms. The van der Waals surface area contributed by atoms with Crippen molar-refractivity contribution >= 4 is 23.5 Å². The van der Waals surface area contributed by atoms with Gasteiger partial charge in [0, 0.05) is 18.3 Å². The summed E-state index contributed by atoms with van der Waals surface area (Å²) in [7, 11) is 3.99. The number of carbonyl (C=O) groups excluding carboxylic acids is 1. The number of alkyl halides is 6. The van der Waals surface area contributed by atoms with Gasteiger partial charge < -0.3 is 29.9 Å². The third-order valence-corrected chi connectivity index (χ3v) is 5.85. The van der Waals surface area contributed by atoms with Crippen molar-refractivity contribution in [2.24, 2.45) is 5.92 Å². The Labute approximate surface area is 252 Å². The molecule has 0 bridgehead atoms. The lowest BCUT2D eigenvalue weighted by Gasteiger charge is -2.25. The van der Waals surface area contributed by atoms with Crippen LogP contribution < -0.4 is 14.8 Å². The van der Waals surface area contributed by atoms with Crippen LogP contribution >= 0.6 is 0 Å². The van der Waals surface area contributed by atoms with Crippen LogP contribution in [0.5, 0.6) is 11.5 Å². The van der Waals surface area contributed by atoms with Crippen LogP contribution in [0.4, 0.5) is 32.0 Å². The number of nitrogens with one attached hydrogen (secondary N) is 2. The lowest BCUT2D eigenvalue weighted by atomic mass is 9.94. The quantitative estimate of drug-likeness (QED) is 0.265. The van der Waals surface area contributed by atoms with E-state index < -0.39 is 24.3 Å². The highest BCUT2D eigenvalue weighted by Crippen LogP contribution is 2.33. The number of fused-ring (bicyclic) bond motifs is 1. The van der Waals surface area contributed by atoms with Crippen LogP contribution in [-0.4, -0.2) is 89.4 Å². The van der Waals surface area contributed by atoms with E-state index in [9.17, 15) is 31.1 Å². The summed E-state index contributed by atoms with van der Waals surface area (Å²) in [5.74, 6) is -4.33. The van der Waals surface area contributed by atoms with Crippen LogP contribution in [0, 0.1) is 12.8 Å². The second-order valence-corrected chi connectivity index (χ2v) is 9.77. The predicted molar refractivity (Wildman–Crippen MR) is 148 cm³/mol. The van der Waals surface area contributed by atoms with Gasteiger partial charge in [0.15, 0.2) is 0 Å². The molecule has 1 unspecified atom stereocenters. The number of carboxylic acids is 2. The lowest BCUT2D eigenvalue weighted by molar-refractivity contribution is -0.193. The van der Waals surface area contributed by atoms with Crippen molar-refractivity contribution in [1.82, 2.24) is 15.1 Å². The first-order chi connectivity index (χ1) is 20.9. The Morgan fingerprint density at radius 3 is 2.18 bits per heavy atom. The fourth-order valence-corrected chi connectivity index (χ4v) is 3.60. The first-order valence-corrected chi connectivity index (χ1v) is 12.9. The molecule has 45 heavy (non-hydrogen) atoms. The summed E-state index contributed by atoms with van der Waals surface area (Å²) in [6.45, 7) is 3.70. The Hall–Kier alpha value is -4.80. The summed E-state index contributed by atoms with van der Waals surface area (Å²) in [5, 5.41) is 24.1. The number of ether oxygens (including phenoxy) is 2. The van der Waals surface area contributed by atoms with Gasteiger partial charge in [0.05, 0.1) is 17.8 Å². The number of likely N-dealkylation sites (N-methyl/N-ethyl adjacent to an activating group) is 1. The van der Waals surface area contributed by atoms with E-state index in [0.29, 0.717) is 31.1 Å². The van der Waals surface area contributed by atoms with Crippen molar-refractivity contribution in [3.05, 3.63) is 59.9 Å². The van der Waals surface area contributed by atoms with Gasteiger partial charge in [0.25, 0.3) is 0 Å². The summed E-state index contributed by atoms with van der Waals surface area (Å²) in [6, 6.07) is 11.9. The van der Waals surface area contributed by atoms with E-state index in [0.717, 1.165) is 34.5 Å². The Morgan fingerprint density at radius 1 is 1.02 bits per heavy atom. The van der Waals surface area contributed by atoms with Gasteiger partial charge in [-0.05, 0) is 56.8 Å². The minimum absolute atomic E-state index is 0.0688. The number of aromatic nitrogens is 2. The molecule has 1 aromatic heterocycles. The molecule has 0 saturated heterocycles. The average Bonchev–Trinajstić information content (AvgIpc) is 3.48. The number of hydrogen-bond acceptors (Lipinski definition) is 7. The van der Waals surface area contributed by atoms with E-state index in [1.807, 2.05) is 57.5 Å². The minimum atomic E-state index is -5.08. The molecule has 1 aliphatic rings. The van der Waals surface area contributed by atoms with E-state index in [1.165, 1.54) is 0 Å². The molecule has 1 aliphatic heterocycles. The number of rotatable bonds is 7. The highest BCUT2D eigenvalue weighted by atomic mass is 19.4. The number of amides is 1. The van der Waals surface area contributed by atoms with Crippen LogP contribution in [-0.2, 0) is 20.8 Å². The number of benzene rings is 2. The number of H-pyrrole nitrogens is 1. The molecule has 246 valence electrons. The number of hydrogen-bond donors (Lipinski definition) is 4. The van der Waals surface area contributed by atoms with Crippen molar-refractivity contribution in [2.75, 3.05) is 39.2 Å². The van der Waals surface area contributed by atoms with Crippen LogP contribution in [0.1, 0.15) is 11.1 Å². The highest BCUT2D eigenvalue weighted by molar-refractivity contribution is 5.95. The fourth-order valence-electron chi connectivity index (χ4n) is 3.60. The standard InChI is InChI=1S/C24H28N4O3.2C2HF3O2/c1-16-4-7-22-18(10-16)11-19(15-31-22)24(29)27-21-6-5-17(20-13-25-26-14-20)12-23(21)30-9-8-28(2)3;2*3-2(4,5)1(6)7/h4-7,10,12-14,19H,8-9,11,15H2,1-3H3,(H,25,26)(H,27,29);2*(H,6,7). The second kappa shape index (κ2) is 15.8. The zero-order chi connectivity index (χ0) is 33.9. The molecule has 1 atom stereocenters. The van der Waals surface area contributed by atoms with E-state index in [2.05, 4.69) is 26.5 Å². The Kier molecular flexibility index (Phi) is 12.8. The Morgan fingerprint density at radius 2 is 1.64 bits per heavy atom. The number of carboxylic acid groups (broad SMARTS) is 2. The van der Waals surface area contributed by atoms with E-state index in [4.69, 9.17) is 29.3 Å². The van der Waals surface area contributed by atoms with E-state index in [-0.39, 0.29) is 11.8 Å². The molecule has 4 N–H and O–H groups in total. The molecular formula is C28H30F6N4O7. The molecule has 11 nitrogen and oxygen atoms in total. The van der Waals surface area contributed by atoms with Gasteiger partial charge in [0.2, 0.25) is 5.91 Å². The minimum Gasteiger partial charge on any atom is -0.492 e. The molecule has 3 aromatic rings. The number of halogens is 6. The summed E-state index contributed by atoms with van der Waals surface area (Å²) in [6.07, 6.45) is -5.92. The maximum atomic E-state index is 13.0. The SMILES string of the molecule is Cc1ccc2c(c1)CC(C(=O)Nc1ccc(-c3cn[nH]c3)cc1OCCN(C)C)CO2.O=C(O)C(F)(F)F.O=C(O)C(F)(F)F. The molecule has 0 fully saturated rings. The molecule has 0 aliphatic carbocycles. The third-order valence-electron chi connectivity index (χ3n) is 5.85. The van der Waals surface area contributed by atoms with Gasteiger partial charge in [-0.1, -0.05) is 23.8 Å². The normalized spacial score (nSPS) is 14.0. The van der Waals surface area contributed by atoms with Crippen molar-refractivity contribution in [3.63, 3.8) is 0 Å². The van der Waals surface area contributed by atoms with Gasteiger partial charge in [-0.15, -0.1) is 0 Å². The third kappa shape index (κ3) is 12.0. The molecule has 0 spiro atoms. The number of aryl methyl sites for hydroxylation is 1. The molecule has 0 saturated carbocycles. The number of aliphatic carboxylic acids is 2. The van der Waals surface area contributed by atoms with E-state index in [1.54, 1.807) is 6.20 Å². The maximum absolute atomic E-state index is 13.0.